The van der Waals surface area contributed by atoms with Crippen LogP contribution in [0, 0.1) is 0 Å². The molecule has 1 atom stereocenters. The van der Waals surface area contributed by atoms with E-state index in [1.54, 1.807) is 6.92 Å². The average molecular weight is 315 g/mol. The average Bonchev–Trinajstić information content (AvgIpc) is 2.44. The van der Waals surface area contributed by atoms with Crippen LogP contribution in [-0.2, 0) is 15.7 Å². The van der Waals surface area contributed by atoms with Crippen LogP contribution >= 0.6 is 0 Å². The molecule has 1 aromatic rings. The van der Waals surface area contributed by atoms with E-state index in [0.29, 0.717) is 5.57 Å². The molecule has 0 spiro atoms. The number of nitrogens with one attached hydrogen (secondary N) is 1. The molecule has 22 heavy (non-hydrogen) atoms. The standard InChI is InChI=1S/C15H16F3NO3/c1-9(2)8-12(14(21)22-3)19-13(20)10-6-4-5-7-11(10)15(16,17)18/h4-7,12H,1,8H2,2-3H3,(H,19,20)/t12-/m0/s1. The molecule has 0 saturated carbocycles. The zero-order chi connectivity index (χ0) is 16.9. The second kappa shape index (κ2) is 7.11. The Morgan fingerprint density at radius 1 is 1.32 bits per heavy atom. The molecule has 0 radical (unpaired) electrons. The van der Waals surface area contributed by atoms with Crippen molar-refractivity contribution in [2.24, 2.45) is 0 Å². The van der Waals surface area contributed by atoms with E-state index in [-0.39, 0.29) is 6.42 Å². The zero-order valence-corrected chi connectivity index (χ0v) is 12.2. The van der Waals surface area contributed by atoms with Crippen LogP contribution in [0.1, 0.15) is 29.3 Å². The number of carbonyl (C=O) groups excluding carboxylic acids is 2. The lowest BCUT2D eigenvalue weighted by Crippen LogP contribution is -2.42. The van der Waals surface area contributed by atoms with E-state index < -0.39 is 35.2 Å². The van der Waals surface area contributed by atoms with Crippen LogP contribution in [0.25, 0.3) is 0 Å². The van der Waals surface area contributed by atoms with Gasteiger partial charge in [0.05, 0.1) is 18.2 Å². The van der Waals surface area contributed by atoms with E-state index in [1.165, 1.54) is 12.1 Å². The summed E-state index contributed by atoms with van der Waals surface area (Å²) >= 11 is 0. The Kier molecular flexibility index (Phi) is 5.73. The third kappa shape index (κ3) is 4.61. The Hall–Kier alpha value is -2.31. The van der Waals surface area contributed by atoms with Gasteiger partial charge in [-0.3, -0.25) is 4.79 Å². The van der Waals surface area contributed by atoms with Crippen LogP contribution in [0.3, 0.4) is 0 Å². The van der Waals surface area contributed by atoms with E-state index in [9.17, 15) is 22.8 Å². The molecule has 1 N–H and O–H groups in total. The smallest absolute Gasteiger partial charge is 0.417 e. The van der Waals surface area contributed by atoms with Crippen LogP contribution < -0.4 is 5.32 Å². The number of hydrogen-bond donors (Lipinski definition) is 1. The first-order chi connectivity index (χ1) is 10.2. The fraction of sp³-hybridized carbons (Fsp3) is 0.333. The van der Waals surface area contributed by atoms with Crippen molar-refractivity contribution in [3.63, 3.8) is 0 Å². The third-order valence-corrected chi connectivity index (χ3v) is 2.82. The number of rotatable bonds is 5. The Bertz CT molecular complexity index is 582. The normalized spacial score (nSPS) is 12.4. The van der Waals surface area contributed by atoms with Gasteiger partial charge in [-0.25, -0.2) is 4.79 Å². The minimum absolute atomic E-state index is 0.0760. The van der Waals surface area contributed by atoms with Crippen LogP contribution in [0.4, 0.5) is 13.2 Å². The van der Waals surface area contributed by atoms with Crippen molar-refractivity contribution in [2.75, 3.05) is 7.11 Å². The number of benzene rings is 1. The first-order valence-corrected chi connectivity index (χ1v) is 6.36. The Labute approximate surface area is 126 Å². The number of carbonyl (C=O) groups is 2. The van der Waals surface area contributed by atoms with Crippen LogP contribution in [0.2, 0.25) is 0 Å². The second-order valence-electron chi connectivity index (χ2n) is 4.75. The van der Waals surface area contributed by atoms with Crippen LogP contribution in [0.5, 0.6) is 0 Å². The van der Waals surface area contributed by atoms with Gasteiger partial charge in [-0.2, -0.15) is 13.2 Å². The van der Waals surface area contributed by atoms with Gasteiger partial charge in [0.25, 0.3) is 5.91 Å². The number of ether oxygens (including phenoxy) is 1. The molecule has 1 aromatic carbocycles. The Balaban J connectivity index is 3.05. The molecule has 0 aromatic heterocycles. The lowest BCUT2D eigenvalue weighted by Gasteiger charge is -2.18. The number of alkyl halides is 3. The lowest BCUT2D eigenvalue weighted by atomic mass is 10.0. The molecule has 4 nitrogen and oxygen atoms in total. The summed E-state index contributed by atoms with van der Waals surface area (Å²) in [4.78, 5) is 23.7. The molecule has 7 heteroatoms. The van der Waals surface area contributed by atoms with E-state index in [4.69, 9.17) is 0 Å². The van der Waals surface area contributed by atoms with Gasteiger partial charge < -0.3 is 10.1 Å². The van der Waals surface area contributed by atoms with Gasteiger partial charge in [-0.1, -0.05) is 17.7 Å². The van der Waals surface area contributed by atoms with Gasteiger partial charge in [0.15, 0.2) is 0 Å². The van der Waals surface area contributed by atoms with Crippen LogP contribution in [0.15, 0.2) is 36.4 Å². The quantitative estimate of drug-likeness (QED) is 0.671. The lowest BCUT2D eigenvalue weighted by molar-refractivity contribution is -0.142. The molecule has 1 amide bonds. The van der Waals surface area contributed by atoms with Crippen molar-refractivity contribution in [3.8, 4) is 0 Å². The number of halogens is 3. The maximum Gasteiger partial charge on any atom is 0.417 e. The number of amides is 1. The molecule has 1 rings (SSSR count). The third-order valence-electron chi connectivity index (χ3n) is 2.82. The minimum atomic E-state index is -4.66. The highest BCUT2D eigenvalue weighted by Crippen LogP contribution is 2.31. The monoisotopic (exact) mass is 315 g/mol. The second-order valence-corrected chi connectivity index (χ2v) is 4.75. The SMILES string of the molecule is C=C(C)C[C@H](NC(=O)c1ccccc1C(F)(F)F)C(=O)OC. The van der Waals surface area contributed by atoms with Crippen LogP contribution in [-0.4, -0.2) is 25.0 Å². The molecule has 0 saturated heterocycles. The van der Waals surface area contributed by atoms with Gasteiger partial charge in [0.2, 0.25) is 0 Å². The van der Waals surface area contributed by atoms with Gasteiger partial charge in [0, 0.05) is 0 Å². The predicted octanol–water partition coefficient (Wildman–Crippen LogP) is 2.94. The van der Waals surface area contributed by atoms with Gasteiger partial charge >= 0.3 is 12.1 Å². The summed E-state index contributed by atoms with van der Waals surface area (Å²) < 4.78 is 43.2. The molecule has 120 valence electrons. The summed E-state index contributed by atoms with van der Waals surface area (Å²) in [6, 6.07) is 3.27. The number of esters is 1. The van der Waals surface area contributed by atoms with E-state index in [0.717, 1.165) is 19.2 Å². The Morgan fingerprint density at radius 3 is 2.41 bits per heavy atom. The largest absolute Gasteiger partial charge is 0.467 e. The molecule has 0 heterocycles. The summed E-state index contributed by atoms with van der Waals surface area (Å²) in [5, 5.41) is 2.25. The summed E-state index contributed by atoms with van der Waals surface area (Å²) in [6.45, 7) is 5.24. The highest BCUT2D eigenvalue weighted by molar-refractivity contribution is 5.98. The Morgan fingerprint density at radius 2 is 1.91 bits per heavy atom. The molecular weight excluding hydrogens is 299 g/mol. The minimum Gasteiger partial charge on any atom is -0.467 e. The maximum absolute atomic E-state index is 12.9. The van der Waals surface area contributed by atoms with Crippen molar-refractivity contribution >= 4 is 11.9 Å². The fourth-order valence-corrected chi connectivity index (χ4v) is 1.85. The summed E-state index contributed by atoms with van der Waals surface area (Å²) in [6.07, 6.45) is -4.59. The first kappa shape index (κ1) is 17.7. The van der Waals surface area contributed by atoms with Crippen molar-refractivity contribution in [1.29, 1.82) is 0 Å². The molecular formula is C15H16F3NO3. The number of methoxy groups -OCH3 is 1. The topological polar surface area (TPSA) is 55.4 Å². The first-order valence-electron chi connectivity index (χ1n) is 6.36. The van der Waals surface area contributed by atoms with Gasteiger partial charge in [-0.15, -0.1) is 6.58 Å². The van der Waals surface area contributed by atoms with Crippen molar-refractivity contribution in [3.05, 3.63) is 47.5 Å². The number of hydrogen-bond acceptors (Lipinski definition) is 3. The van der Waals surface area contributed by atoms with E-state index in [1.807, 2.05) is 0 Å². The summed E-state index contributed by atoms with van der Waals surface area (Å²) in [5.41, 5.74) is -1.03. The summed E-state index contributed by atoms with van der Waals surface area (Å²) in [5.74, 6) is -1.74. The highest BCUT2D eigenvalue weighted by Gasteiger charge is 2.35. The molecule has 0 bridgehead atoms. The zero-order valence-electron chi connectivity index (χ0n) is 12.2. The fourth-order valence-electron chi connectivity index (χ4n) is 1.85. The van der Waals surface area contributed by atoms with Gasteiger partial charge in [-0.05, 0) is 25.5 Å². The summed E-state index contributed by atoms with van der Waals surface area (Å²) in [7, 11) is 1.13. The highest BCUT2D eigenvalue weighted by atomic mass is 19.4. The molecule has 0 fully saturated rings. The van der Waals surface area contributed by atoms with Gasteiger partial charge in [0.1, 0.15) is 6.04 Å². The van der Waals surface area contributed by atoms with E-state index >= 15 is 0 Å². The van der Waals surface area contributed by atoms with Crippen molar-refractivity contribution < 1.29 is 27.5 Å². The molecule has 0 aliphatic heterocycles. The predicted molar refractivity (Wildman–Crippen MR) is 74.1 cm³/mol. The molecule has 0 unspecified atom stereocenters. The maximum atomic E-state index is 12.9. The van der Waals surface area contributed by atoms with E-state index in [2.05, 4.69) is 16.6 Å². The molecule has 0 aliphatic carbocycles. The van der Waals surface area contributed by atoms with Crippen molar-refractivity contribution in [1.82, 2.24) is 5.32 Å². The molecule has 0 aliphatic rings. The van der Waals surface area contributed by atoms with Crippen molar-refractivity contribution in [2.45, 2.75) is 25.6 Å².